The molecule has 166 valence electrons. The summed E-state index contributed by atoms with van der Waals surface area (Å²) in [6.07, 6.45) is 4.79. The van der Waals surface area contributed by atoms with Gasteiger partial charge in [0.15, 0.2) is 5.11 Å². The average molecular weight is 455 g/mol. The van der Waals surface area contributed by atoms with Gasteiger partial charge >= 0.3 is 0 Å². The summed E-state index contributed by atoms with van der Waals surface area (Å²) in [5, 5.41) is 19.0. The number of anilines is 1. The van der Waals surface area contributed by atoms with E-state index in [1.807, 2.05) is 0 Å². The van der Waals surface area contributed by atoms with Crippen LogP contribution in [0.3, 0.4) is 0 Å². The predicted molar refractivity (Wildman–Crippen MR) is 124 cm³/mol. The maximum Gasteiger partial charge on any atom is 0.269 e. The van der Waals surface area contributed by atoms with E-state index in [0.29, 0.717) is 23.4 Å². The van der Waals surface area contributed by atoms with Crippen LogP contribution in [0, 0.1) is 10.1 Å². The molecule has 0 aromatic heterocycles. The van der Waals surface area contributed by atoms with Gasteiger partial charge in [-0.15, -0.1) is 0 Å². The minimum atomic E-state index is -0.493. The Morgan fingerprint density at radius 3 is 2.69 bits per heavy atom. The Kier molecular flexibility index (Phi) is 8.01. The molecule has 1 atom stereocenters. The Bertz CT molecular complexity index is 1030. The molecule has 0 radical (unpaired) electrons. The van der Waals surface area contributed by atoms with E-state index in [1.54, 1.807) is 24.3 Å². The highest BCUT2D eigenvalue weighted by molar-refractivity contribution is 7.80. The molecular weight excluding hydrogens is 432 g/mol. The number of carbonyl (C=O) groups excluding carboxylic acids is 2. The second-order valence-electron chi connectivity index (χ2n) is 7.05. The van der Waals surface area contributed by atoms with Gasteiger partial charge in [-0.25, -0.2) is 0 Å². The Morgan fingerprint density at radius 2 is 2.00 bits per heavy atom. The van der Waals surface area contributed by atoms with Gasteiger partial charge in [0.1, 0.15) is 0 Å². The number of benzene rings is 2. The van der Waals surface area contributed by atoms with Crippen LogP contribution in [-0.2, 0) is 9.53 Å². The van der Waals surface area contributed by atoms with Gasteiger partial charge in [-0.05, 0) is 67.0 Å². The number of ether oxygens (including phenoxy) is 1. The average Bonchev–Trinajstić information content (AvgIpc) is 3.30. The Labute approximate surface area is 190 Å². The SMILES string of the molecule is O=C(/C=C/c1ccc([N+](=O)[O-])cc1)NC(=S)Nc1cccc(C(=O)NCC2CCCO2)c1. The fourth-order valence-electron chi connectivity index (χ4n) is 3.05. The Morgan fingerprint density at radius 1 is 1.22 bits per heavy atom. The predicted octanol–water partition coefficient (Wildman–Crippen LogP) is 3.03. The number of nitrogens with one attached hydrogen (secondary N) is 3. The third-order valence-corrected chi connectivity index (χ3v) is 4.87. The smallest absolute Gasteiger partial charge is 0.269 e. The summed E-state index contributed by atoms with van der Waals surface area (Å²) in [6, 6.07) is 12.5. The van der Waals surface area contributed by atoms with E-state index >= 15 is 0 Å². The molecule has 10 heteroatoms. The van der Waals surface area contributed by atoms with Gasteiger partial charge in [0, 0.05) is 42.6 Å². The molecule has 2 aromatic rings. The fourth-order valence-corrected chi connectivity index (χ4v) is 3.27. The summed E-state index contributed by atoms with van der Waals surface area (Å²) < 4.78 is 5.50. The number of thiocarbonyl (C=S) groups is 1. The molecule has 1 aliphatic rings. The van der Waals surface area contributed by atoms with Crippen molar-refractivity contribution >= 4 is 46.6 Å². The molecule has 1 fully saturated rings. The van der Waals surface area contributed by atoms with Crippen LogP contribution in [0.5, 0.6) is 0 Å². The number of carbonyl (C=O) groups is 2. The Hall–Kier alpha value is -3.63. The van der Waals surface area contributed by atoms with E-state index in [9.17, 15) is 19.7 Å². The molecule has 32 heavy (non-hydrogen) atoms. The van der Waals surface area contributed by atoms with Gasteiger partial charge in [0.25, 0.3) is 11.6 Å². The van der Waals surface area contributed by atoms with Gasteiger partial charge in [-0.3, -0.25) is 25.0 Å². The summed E-state index contributed by atoms with van der Waals surface area (Å²) in [4.78, 5) is 34.6. The second kappa shape index (κ2) is 11.1. The van der Waals surface area contributed by atoms with Crippen LogP contribution in [0.4, 0.5) is 11.4 Å². The van der Waals surface area contributed by atoms with Gasteiger partial charge in [-0.2, -0.15) is 0 Å². The maximum absolute atomic E-state index is 12.4. The van der Waals surface area contributed by atoms with Crippen molar-refractivity contribution in [3.63, 3.8) is 0 Å². The summed E-state index contributed by atoms with van der Waals surface area (Å²) in [6.45, 7) is 1.19. The number of hydrogen-bond acceptors (Lipinski definition) is 6. The largest absolute Gasteiger partial charge is 0.376 e. The van der Waals surface area contributed by atoms with E-state index in [-0.39, 0.29) is 22.8 Å². The van der Waals surface area contributed by atoms with E-state index in [2.05, 4.69) is 16.0 Å². The van der Waals surface area contributed by atoms with Crippen molar-refractivity contribution in [2.24, 2.45) is 0 Å². The van der Waals surface area contributed by atoms with Crippen molar-refractivity contribution in [2.75, 3.05) is 18.5 Å². The third kappa shape index (κ3) is 6.96. The number of amides is 2. The highest BCUT2D eigenvalue weighted by Crippen LogP contribution is 2.14. The number of nitro benzene ring substituents is 1. The van der Waals surface area contributed by atoms with E-state index in [4.69, 9.17) is 17.0 Å². The third-order valence-electron chi connectivity index (χ3n) is 4.66. The van der Waals surface area contributed by atoms with Crippen LogP contribution in [-0.4, -0.2) is 41.1 Å². The van der Waals surface area contributed by atoms with Crippen LogP contribution in [0.2, 0.25) is 0 Å². The summed E-state index contributed by atoms with van der Waals surface area (Å²) in [7, 11) is 0. The van der Waals surface area contributed by atoms with Gasteiger partial charge in [-0.1, -0.05) is 6.07 Å². The Balaban J connectivity index is 1.49. The molecule has 3 rings (SSSR count). The number of nitro groups is 1. The second-order valence-corrected chi connectivity index (χ2v) is 7.46. The van der Waals surface area contributed by atoms with Crippen LogP contribution >= 0.6 is 12.2 Å². The first-order chi connectivity index (χ1) is 15.4. The van der Waals surface area contributed by atoms with E-state index in [0.717, 1.165) is 19.4 Å². The zero-order valence-corrected chi connectivity index (χ0v) is 17.9. The lowest BCUT2D eigenvalue weighted by Gasteiger charge is -2.12. The fraction of sp³-hybridized carbons (Fsp3) is 0.227. The standard InChI is InChI=1S/C22H22N4O5S/c27-20(11-8-15-6-9-18(10-7-15)26(29)30)25-22(32)24-17-4-1-3-16(13-17)21(28)23-14-19-5-2-12-31-19/h1,3-4,6-11,13,19H,2,5,12,14H2,(H,23,28)(H2,24,25,27,32)/b11-8+. The molecule has 1 heterocycles. The quantitative estimate of drug-likeness (QED) is 0.254. The van der Waals surface area contributed by atoms with Crippen molar-refractivity contribution < 1.29 is 19.2 Å². The molecule has 1 aliphatic heterocycles. The number of non-ortho nitro benzene ring substituents is 1. The topological polar surface area (TPSA) is 123 Å². The minimum Gasteiger partial charge on any atom is -0.376 e. The number of rotatable bonds is 7. The molecule has 2 aromatic carbocycles. The lowest BCUT2D eigenvalue weighted by molar-refractivity contribution is -0.384. The number of nitrogens with zero attached hydrogens (tertiary/aromatic N) is 1. The molecule has 1 saturated heterocycles. The molecule has 2 amide bonds. The van der Waals surface area contributed by atoms with Crippen molar-refractivity contribution in [3.05, 3.63) is 75.8 Å². The first-order valence-electron chi connectivity index (χ1n) is 9.95. The summed E-state index contributed by atoms with van der Waals surface area (Å²) in [5.74, 6) is -0.684. The molecule has 0 spiro atoms. The molecule has 0 aliphatic carbocycles. The van der Waals surface area contributed by atoms with Crippen LogP contribution in [0.25, 0.3) is 6.08 Å². The van der Waals surface area contributed by atoms with Gasteiger partial charge in [0.2, 0.25) is 5.91 Å². The lowest BCUT2D eigenvalue weighted by Crippen LogP contribution is -2.33. The van der Waals surface area contributed by atoms with Crippen molar-refractivity contribution in [3.8, 4) is 0 Å². The van der Waals surface area contributed by atoms with Crippen molar-refractivity contribution in [1.29, 1.82) is 0 Å². The first kappa shape index (κ1) is 23.0. The summed E-state index contributed by atoms with van der Waals surface area (Å²) in [5.41, 5.74) is 1.62. The van der Waals surface area contributed by atoms with Crippen molar-refractivity contribution in [1.82, 2.24) is 10.6 Å². The van der Waals surface area contributed by atoms with E-state index in [1.165, 1.54) is 36.4 Å². The van der Waals surface area contributed by atoms with Crippen LogP contribution < -0.4 is 16.0 Å². The van der Waals surface area contributed by atoms with Crippen LogP contribution in [0.15, 0.2) is 54.6 Å². The van der Waals surface area contributed by atoms with Crippen LogP contribution in [0.1, 0.15) is 28.8 Å². The zero-order chi connectivity index (χ0) is 22.9. The van der Waals surface area contributed by atoms with Crippen molar-refractivity contribution in [2.45, 2.75) is 18.9 Å². The molecule has 3 N–H and O–H groups in total. The first-order valence-corrected chi connectivity index (χ1v) is 10.4. The van der Waals surface area contributed by atoms with Gasteiger partial charge in [0.05, 0.1) is 11.0 Å². The highest BCUT2D eigenvalue weighted by Gasteiger charge is 2.16. The molecule has 1 unspecified atom stereocenters. The van der Waals surface area contributed by atoms with E-state index < -0.39 is 10.8 Å². The molecule has 0 bridgehead atoms. The zero-order valence-electron chi connectivity index (χ0n) is 17.1. The minimum absolute atomic E-state index is 0.0280. The molecule has 0 saturated carbocycles. The van der Waals surface area contributed by atoms with Gasteiger partial charge < -0.3 is 15.4 Å². The normalized spacial score (nSPS) is 15.3. The monoisotopic (exact) mass is 454 g/mol. The number of hydrogen-bond donors (Lipinski definition) is 3. The summed E-state index contributed by atoms with van der Waals surface area (Å²) >= 11 is 5.15. The lowest BCUT2D eigenvalue weighted by atomic mass is 10.1. The molecule has 9 nitrogen and oxygen atoms in total. The highest BCUT2D eigenvalue weighted by atomic mass is 32.1. The molecular formula is C22H22N4O5S. The maximum atomic E-state index is 12.4.